The summed E-state index contributed by atoms with van der Waals surface area (Å²) in [6.07, 6.45) is 9.23. The van der Waals surface area contributed by atoms with Crippen LogP contribution in [-0.4, -0.2) is 63.8 Å². The number of ether oxygens (including phenoxy) is 1. The van der Waals surface area contributed by atoms with Gasteiger partial charge in [0.15, 0.2) is 0 Å². The zero-order valence-electron chi connectivity index (χ0n) is 15.8. The fourth-order valence-corrected chi connectivity index (χ4v) is 3.84. The molecule has 3 aromatic rings. The lowest BCUT2D eigenvalue weighted by Crippen LogP contribution is -2.39. The highest BCUT2D eigenvalue weighted by atomic mass is 16.5. The largest absolute Gasteiger partial charge is 0.448 e. The van der Waals surface area contributed by atoms with Gasteiger partial charge in [0.25, 0.3) is 0 Å². The number of imidazole rings is 1. The molecule has 144 valence electrons. The second-order valence-electron chi connectivity index (χ2n) is 7.47. The van der Waals surface area contributed by atoms with Crippen molar-refractivity contribution in [2.24, 2.45) is 0 Å². The van der Waals surface area contributed by atoms with Crippen LogP contribution in [0.3, 0.4) is 0 Å². The molecule has 0 unspecified atom stereocenters. The van der Waals surface area contributed by atoms with E-state index in [-0.39, 0.29) is 12.1 Å². The van der Waals surface area contributed by atoms with Crippen molar-refractivity contribution in [2.45, 2.75) is 37.8 Å². The standard InChI is InChI=1S/C19H26N6O2/c1-24(2)9-10-27-19(26)23-13-3-5-14(6-4-13)25-12-22-16-11-21-18-15(17(16)25)7-8-20-18/h7-8,11-14H,3-6,9-10H2,1-2H3,(H,20,21)(H,23,26). The van der Waals surface area contributed by atoms with Crippen LogP contribution in [0.4, 0.5) is 4.79 Å². The van der Waals surface area contributed by atoms with Crippen LogP contribution in [0.25, 0.3) is 22.1 Å². The van der Waals surface area contributed by atoms with E-state index in [0.717, 1.165) is 54.3 Å². The van der Waals surface area contributed by atoms with Gasteiger partial charge in [0.05, 0.1) is 18.0 Å². The number of alkyl carbamates (subject to hydrolysis) is 1. The fourth-order valence-electron chi connectivity index (χ4n) is 3.84. The van der Waals surface area contributed by atoms with E-state index in [1.165, 1.54) is 0 Å². The summed E-state index contributed by atoms with van der Waals surface area (Å²) >= 11 is 0. The van der Waals surface area contributed by atoms with Gasteiger partial charge in [-0.25, -0.2) is 14.8 Å². The number of pyridine rings is 1. The van der Waals surface area contributed by atoms with Crippen LogP contribution < -0.4 is 5.32 Å². The van der Waals surface area contributed by atoms with E-state index < -0.39 is 0 Å². The number of fused-ring (bicyclic) bond motifs is 3. The molecule has 1 amide bonds. The van der Waals surface area contributed by atoms with Gasteiger partial charge in [0.2, 0.25) is 0 Å². The van der Waals surface area contributed by atoms with Crippen molar-refractivity contribution in [1.82, 2.24) is 29.7 Å². The van der Waals surface area contributed by atoms with E-state index >= 15 is 0 Å². The Kier molecular flexibility index (Phi) is 4.98. The van der Waals surface area contributed by atoms with Crippen LogP contribution in [0.2, 0.25) is 0 Å². The minimum Gasteiger partial charge on any atom is -0.448 e. The van der Waals surface area contributed by atoms with Gasteiger partial charge in [-0.2, -0.15) is 0 Å². The van der Waals surface area contributed by atoms with Crippen molar-refractivity contribution in [1.29, 1.82) is 0 Å². The molecular formula is C19H26N6O2. The van der Waals surface area contributed by atoms with E-state index in [1.807, 2.05) is 37.7 Å². The maximum atomic E-state index is 11.9. The highest BCUT2D eigenvalue weighted by molar-refractivity contribution is 6.00. The molecule has 27 heavy (non-hydrogen) atoms. The number of carbonyl (C=O) groups excluding carboxylic acids is 1. The monoisotopic (exact) mass is 370 g/mol. The molecule has 0 spiro atoms. The van der Waals surface area contributed by atoms with E-state index in [1.54, 1.807) is 0 Å². The van der Waals surface area contributed by atoms with Crippen LogP contribution in [-0.2, 0) is 4.74 Å². The van der Waals surface area contributed by atoms with Crippen molar-refractivity contribution in [3.63, 3.8) is 0 Å². The number of H-pyrrole nitrogens is 1. The summed E-state index contributed by atoms with van der Waals surface area (Å²) in [6.45, 7) is 1.15. The van der Waals surface area contributed by atoms with Gasteiger partial charge in [-0.05, 0) is 45.8 Å². The smallest absolute Gasteiger partial charge is 0.407 e. The van der Waals surface area contributed by atoms with Crippen molar-refractivity contribution >= 4 is 28.2 Å². The van der Waals surface area contributed by atoms with Crippen LogP contribution in [0.15, 0.2) is 24.8 Å². The molecule has 1 aliphatic rings. The zero-order valence-corrected chi connectivity index (χ0v) is 15.8. The van der Waals surface area contributed by atoms with Gasteiger partial charge in [-0.3, -0.25) is 0 Å². The average molecular weight is 370 g/mol. The fraction of sp³-hybridized carbons (Fsp3) is 0.526. The lowest BCUT2D eigenvalue weighted by molar-refractivity contribution is 0.129. The Hall–Kier alpha value is -2.61. The zero-order chi connectivity index (χ0) is 18.8. The maximum absolute atomic E-state index is 11.9. The second-order valence-corrected chi connectivity index (χ2v) is 7.47. The number of aromatic nitrogens is 4. The van der Waals surface area contributed by atoms with Crippen LogP contribution in [0.5, 0.6) is 0 Å². The molecule has 0 saturated heterocycles. The third-order valence-corrected chi connectivity index (χ3v) is 5.30. The molecule has 3 aromatic heterocycles. The van der Waals surface area contributed by atoms with Gasteiger partial charge in [-0.15, -0.1) is 0 Å². The summed E-state index contributed by atoms with van der Waals surface area (Å²) < 4.78 is 7.51. The summed E-state index contributed by atoms with van der Waals surface area (Å²) in [5.41, 5.74) is 2.95. The lowest BCUT2D eigenvalue weighted by atomic mass is 9.91. The molecule has 8 nitrogen and oxygen atoms in total. The second kappa shape index (κ2) is 7.56. The Bertz CT molecular complexity index is 923. The number of likely N-dealkylation sites (N-methyl/N-ethyl adjacent to an activating group) is 1. The molecule has 2 N–H and O–H groups in total. The Labute approximate surface area is 157 Å². The van der Waals surface area contributed by atoms with E-state index in [9.17, 15) is 4.79 Å². The molecule has 1 aliphatic carbocycles. The third kappa shape index (κ3) is 3.75. The maximum Gasteiger partial charge on any atom is 0.407 e. The van der Waals surface area contributed by atoms with E-state index in [0.29, 0.717) is 12.6 Å². The summed E-state index contributed by atoms with van der Waals surface area (Å²) in [5.74, 6) is 0. The van der Waals surface area contributed by atoms with E-state index in [2.05, 4.69) is 30.9 Å². The number of nitrogens with zero attached hydrogens (tertiary/aromatic N) is 4. The van der Waals surface area contributed by atoms with Gasteiger partial charge in [0.1, 0.15) is 17.8 Å². The highest BCUT2D eigenvalue weighted by Crippen LogP contribution is 2.33. The first-order chi connectivity index (χ1) is 13.1. The number of hydrogen-bond donors (Lipinski definition) is 2. The first-order valence-electron chi connectivity index (χ1n) is 9.48. The molecule has 0 atom stereocenters. The molecule has 8 heteroatoms. The van der Waals surface area contributed by atoms with Crippen molar-refractivity contribution in [3.05, 3.63) is 24.8 Å². The Morgan fingerprint density at radius 2 is 2.15 bits per heavy atom. The molecular weight excluding hydrogens is 344 g/mol. The Morgan fingerprint density at radius 3 is 2.93 bits per heavy atom. The summed E-state index contributed by atoms with van der Waals surface area (Å²) in [4.78, 5) is 26.0. The molecule has 4 rings (SSSR count). The predicted octanol–water partition coefficient (Wildman–Crippen LogP) is 2.68. The number of hydrogen-bond acceptors (Lipinski definition) is 5. The highest BCUT2D eigenvalue weighted by Gasteiger charge is 2.25. The third-order valence-electron chi connectivity index (χ3n) is 5.30. The van der Waals surface area contributed by atoms with Gasteiger partial charge in [0, 0.05) is 30.2 Å². The minimum atomic E-state index is -0.312. The predicted molar refractivity (Wildman–Crippen MR) is 104 cm³/mol. The number of rotatable bonds is 5. The van der Waals surface area contributed by atoms with Crippen LogP contribution >= 0.6 is 0 Å². The lowest BCUT2D eigenvalue weighted by Gasteiger charge is -2.30. The first-order valence-corrected chi connectivity index (χ1v) is 9.48. The molecule has 3 heterocycles. The minimum absolute atomic E-state index is 0.178. The molecule has 0 radical (unpaired) electrons. The first kappa shape index (κ1) is 17.8. The molecule has 0 bridgehead atoms. The average Bonchev–Trinajstić information content (AvgIpc) is 3.28. The number of aromatic amines is 1. The van der Waals surface area contributed by atoms with Gasteiger partial charge < -0.3 is 24.5 Å². The molecule has 1 saturated carbocycles. The summed E-state index contributed by atoms with van der Waals surface area (Å²) in [6, 6.07) is 2.62. The number of nitrogens with one attached hydrogen (secondary N) is 2. The molecule has 0 aliphatic heterocycles. The van der Waals surface area contributed by atoms with Crippen molar-refractivity contribution in [3.8, 4) is 0 Å². The summed E-state index contributed by atoms with van der Waals surface area (Å²) in [5, 5.41) is 4.11. The van der Waals surface area contributed by atoms with Crippen molar-refractivity contribution in [2.75, 3.05) is 27.2 Å². The normalized spacial score (nSPS) is 20.4. The summed E-state index contributed by atoms with van der Waals surface area (Å²) in [7, 11) is 3.92. The van der Waals surface area contributed by atoms with Gasteiger partial charge >= 0.3 is 6.09 Å². The van der Waals surface area contributed by atoms with Crippen LogP contribution in [0, 0.1) is 0 Å². The molecule has 1 fully saturated rings. The Morgan fingerprint density at radius 1 is 1.33 bits per heavy atom. The van der Waals surface area contributed by atoms with E-state index in [4.69, 9.17) is 4.74 Å². The van der Waals surface area contributed by atoms with Crippen LogP contribution in [0.1, 0.15) is 31.7 Å². The molecule has 0 aromatic carbocycles. The topological polar surface area (TPSA) is 88.1 Å². The van der Waals surface area contributed by atoms with Gasteiger partial charge in [-0.1, -0.05) is 0 Å². The number of amides is 1. The SMILES string of the molecule is CN(C)CCOC(=O)NC1CCC(n2cnc3cnc4[nH]ccc4c32)CC1. The Balaban J connectivity index is 1.38. The van der Waals surface area contributed by atoms with Crippen molar-refractivity contribution < 1.29 is 9.53 Å². The quantitative estimate of drug-likeness (QED) is 0.721. The number of carbonyl (C=O) groups is 1.